The van der Waals surface area contributed by atoms with Crippen LogP contribution in [-0.4, -0.2) is 35.2 Å². The van der Waals surface area contributed by atoms with E-state index < -0.39 is 0 Å². The van der Waals surface area contributed by atoms with Crippen LogP contribution in [0, 0.1) is 0 Å². The van der Waals surface area contributed by atoms with Gasteiger partial charge in [-0.05, 0) is 24.1 Å². The topological polar surface area (TPSA) is 48.2 Å². The van der Waals surface area contributed by atoms with E-state index in [1.807, 2.05) is 17.0 Å². The van der Waals surface area contributed by atoms with E-state index in [0.717, 1.165) is 25.1 Å². The van der Waals surface area contributed by atoms with Gasteiger partial charge in [0.05, 0.1) is 0 Å². The van der Waals surface area contributed by atoms with E-state index in [1.165, 1.54) is 6.21 Å². The second kappa shape index (κ2) is 7.58. The number of amidine groups is 1. The van der Waals surface area contributed by atoms with Gasteiger partial charge in [-0.15, -0.1) is 12.4 Å². The summed E-state index contributed by atoms with van der Waals surface area (Å²) in [6.07, 6.45) is 2.33. The largest absolute Gasteiger partial charge is 0.411 e. The normalized spacial score (nSPS) is 15.3. The van der Waals surface area contributed by atoms with E-state index in [4.69, 9.17) is 28.4 Å². The zero-order valence-corrected chi connectivity index (χ0v) is 12.4. The van der Waals surface area contributed by atoms with Gasteiger partial charge in [0.1, 0.15) is 12.1 Å². The van der Waals surface area contributed by atoms with Crippen molar-refractivity contribution in [2.45, 2.75) is 13.0 Å². The molecule has 0 unspecified atom stereocenters. The Bertz CT molecular complexity index is 491. The fraction of sp³-hybridized carbons (Fsp3) is 0.333. The minimum absolute atomic E-state index is 0. The molecule has 0 aliphatic carbocycles. The van der Waals surface area contributed by atoms with E-state index in [2.05, 4.69) is 10.1 Å². The average molecular weight is 323 g/mol. The van der Waals surface area contributed by atoms with E-state index in [-0.39, 0.29) is 12.4 Å². The predicted octanol–water partition coefficient (Wildman–Crippen LogP) is 3.48. The third-order valence-corrected chi connectivity index (χ3v) is 3.32. The molecule has 104 valence electrons. The molecule has 1 aromatic carbocycles. The molecule has 0 saturated heterocycles. The van der Waals surface area contributed by atoms with Crippen molar-refractivity contribution >= 4 is 47.7 Å². The highest BCUT2D eigenvalue weighted by atomic mass is 35.5. The summed E-state index contributed by atoms with van der Waals surface area (Å²) in [7, 11) is 0. The first-order valence-electron chi connectivity index (χ1n) is 5.61. The Morgan fingerprint density at radius 3 is 2.89 bits per heavy atom. The molecule has 0 atom stereocenters. The number of hydrogen-bond donors (Lipinski definition) is 1. The molecular weight excluding hydrogens is 309 g/mol. The average Bonchev–Trinajstić information content (AvgIpc) is 2.35. The molecule has 0 amide bonds. The predicted molar refractivity (Wildman–Crippen MR) is 81.3 cm³/mol. The lowest BCUT2D eigenvalue weighted by atomic mass is 10.2. The highest BCUT2D eigenvalue weighted by Gasteiger charge is 2.15. The second-order valence-corrected chi connectivity index (χ2v) is 4.84. The molecule has 0 radical (unpaired) electrons. The van der Waals surface area contributed by atoms with Gasteiger partial charge in [0.15, 0.2) is 0 Å². The van der Waals surface area contributed by atoms with Crippen molar-refractivity contribution in [2.75, 3.05) is 13.1 Å². The van der Waals surface area contributed by atoms with E-state index in [9.17, 15) is 0 Å². The summed E-state index contributed by atoms with van der Waals surface area (Å²) in [5, 5.41) is 12.9. The molecule has 19 heavy (non-hydrogen) atoms. The van der Waals surface area contributed by atoms with Gasteiger partial charge in [0, 0.05) is 29.7 Å². The molecule has 1 aromatic rings. The van der Waals surface area contributed by atoms with Crippen molar-refractivity contribution < 1.29 is 5.21 Å². The highest BCUT2D eigenvalue weighted by Crippen LogP contribution is 2.22. The van der Waals surface area contributed by atoms with Gasteiger partial charge < -0.3 is 10.1 Å². The maximum absolute atomic E-state index is 8.61. The molecule has 0 bridgehead atoms. The lowest BCUT2D eigenvalue weighted by Gasteiger charge is -2.27. The quantitative estimate of drug-likeness (QED) is 0.526. The number of benzene rings is 1. The van der Waals surface area contributed by atoms with Gasteiger partial charge in [-0.2, -0.15) is 0 Å². The monoisotopic (exact) mass is 321 g/mol. The first-order chi connectivity index (χ1) is 8.70. The van der Waals surface area contributed by atoms with Crippen LogP contribution in [0.4, 0.5) is 0 Å². The summed E-state index contributed by atoms with van der Waals surface area (Å²) in [5.41, 5.74) is 0.974. The van der Waals surface area contributed by atoms with Crippen LogP contribution in [0.1, 0.15) is 12.0 Å². The van der Waals surface area contributed by atoms with Gasteiger partial charge in [-0.3, -0.25) is 4.99 Å². The Morgan fingerprint density at radius 1 is 1.42 bits per heavy atom. The van der Waals surface area contributed by atoms with E-state index >= 15 is 0 Å². The van der Waals surface area contributed by atoms with Crippen molar-refractivity contribution in [2.24, 2.45) is 10.1 Å². The Hall–Kier alpha value is -0.970. The first kappa shape index (κ1) is 16.1. The fourth-order valence-electron chi connectivity index (χ4n) is 1.86. The van der Waals surface area contributed by atoms with Crippen molar-refractivity contribution in [1.82, 2.24) is 4.90 Å². The standard InChI is InChI=1S/C12H13Cl2N3O.ClH/c13-10-3-2-9(11(14)6-10)8-17-5-1-4-15-12(17)7-16-18;/h2-3,6-7,18H,1,4-5,8H2;1H. The van der Waals surface area contributed by atoms with Gasteiger partial charge in [0.2, 0.25) is 0 Å². The molecule has 2 rings (SSSR count). The zero-order valence-electron chi connectivity index (χ0n) is 10.1. The minimum atomic E-state index is 0. The van der Waals surface area contributed by atoms with E-state index in [0.29, 0.717) is 22.4 Å². The summed E-state index contributed by atoms with van der Waals surface area (Å²) in [5.74, 6) is 0.676. The molecule has 0 spiro atoms. The Kier molecular flexibility index (Phi) is 6.42. The molecule has 1 heterocycles. The van der Waals surface area contributed by atoms with Crippen LogP contribution in [-0.2, 0) is 6.54 Å². The first-order valence-corrected chi connectivity index (χ1v) is 6.37. The van der Waals surface area contributed by atoms with Crippen molar-refractivity contribution in [3.8, 4) is 0 Å². The van der Waals surface area contributed by atoms with Crippen LogP contribution >= 0.6 is 35.6 Å². The maximum atomic E-state index is 8.61. The molecule has 4 nitrogen and oxygen atoms in total. The van der Waals surface area contributed by atoms with Crippen LogP contribution < -0.4 is 0 Å². The number of hydrogen-bond acceptors (Lipinski definition) is 4. The van der Waals surface area contributed by atoms with Crippen molar-refractivity contribution in [1.29, 1.82) is 0 Å². The molecule has 0 fully saturated rings. The van der Waals surface area contributed by atoms with E-state index in [1.54, 1.807) is 6.07 Å². The molecule has 0 saturated carbocycles. The van der Waals surface area contributed by atoms with Gasteiger partial charge in [-0.25, -0.2) is 0 Å². The third-order valence-electron chi connectivity index (χ3n) is 2.73. The molecule has 7 heteroatoms. The lowest BCUT2D eigenvalue weighted by Crippen LogP contribution is -2.36. The summed E-state index contributed by atoms with van der Waals surface area (Å²) >= 11 is 12.0. The summed E-state index contributed by atoms with van der Waals surface area (Å²) in [6.45, 7) is 2.25. The SMILES string of the molecule is Cl.ON=CC1=NCCCN1Cc1ccc(Cl)cc1Cl. The zero-order chi connectivity index (χ0) is 13.0. The lowest BCUT2D eigenvalue weighted by molar-refractivity contribution is 0.320. The molecule has 1 aliphatic rings. The van der Waals surface area contributed by atoms with Crippen molar-refractivity contribution in [3.05, 3.63) is 33.8 Å². The number of rotatable bonds is 3. The van der Waals surface area contributed by atoms with Gasteiger partial charge in [0.25, 0.3) is 0 Å². The summed E-state index contributed by atoms with van der Waals surface area (Å²) < 4.78 is 0. The minimum Gasteiger partial charge on any atom is -0.411 e. The van der Waals surface area contributed by atoms with Crippen LogP contribution in [0.2, 0.25) is 10.0 Å². The van der Waals surface area contributed by atoms with Crippen LogP contribution in [0.25, 0.3) is 0 Å². The van der Waals surface area contributed by atoms with Crippen LogP contribution in [0.3, 0.4) is 0 Å². The number of nitrogens with zero attached hydrogens (tertiary/aromatic N) is 3. The highest BCUT2D eigenvalue weighted by molar-refractivity contribution is 6.35. The fourth-order valence-corrected chi connectivity index (χ4v) is 2.33. The van der Waals surface area contributed by atoms with Gasteiger partial charge in [-0.1, -0.05) is 34.4 Å². The van der Waals surface area contributed by atoms with Crippen LogP contribution in [0.5, 0.6) is 0 Å². The number of oxime groups is 1. The molecule has 1 aliphatic heterocycles. The summed E-state index contributed by atoms with van der Waals surface area (Å²) in [4.78, 5) is 6.33. The second-order valence-electron chi connectivity index (χ2n) is 4.00. The van der Waals surface area contributed by atoms with Crippen LogP contribution in [0.15, 0.2) is 28.3 Å². The third kappa shape index (κ3) is 4.27. The summed E-state index contributed by atoms with van der Waals surface area (Å²) in [6, 6.07) is 5.43. The number of aliphatic imine (C=N–C) groups is 1. The smallest absolute Gasteiger partial charge is 0.146 e. The molecular formula is C12H14Cl3N3O. The molecule has 1 N–H and O–H groups in total. The number of halogens is 3. The molecule has 0 aromatic heterocycles. The Morgan fingerprint density at radius 2 is 2.21 bits per heavy atom. The van der Waals surface area contributed by atoms with Gasteiger partial charge >= 0.3 is 0 Å². The maximum Gasteiger partial charge on any atom is 0.146 e. The Labute approximate surface area is 128 Å². The van der Waals surface area contributed by atoms with Crippen molar-refractivity contribution in [3.63, 3.8) is 0 Å². The Balaban J connectivity index is 0.00000180.